The average Bonchev–Trinajstić information content (AvgIpc) is 3.61. The second-order valence-electron chi connectivity index (χ2n) is 12.9. The van der Waals surface area contributed by atoms with Crippen molar-refractivity contribution in [1.29, 1.82) is 0 Å². The lowest BCUT2D eigenvalue weighted by atomic mass is 9.69. The zero-order valence-corrected chi connectivity index (χ0v) is 26.3. The van der Waals surface area contributed by atoms with E-state index in [0.717, 1.165) is 62.5 Å². The number of carbonyl (C=O) groups excluding carboxylic acids is 2. The Bertz CT molecular complexity index is 1440. The number of benzene rings is 2. The number of nitrogens with zero attached hydrogens (tertiary/aromatic N) is 5. The topological polar surface area (TPSA) is 116 Å². The van der Waals surface area contributed by atoms with E-state index in [0.29, 0.717) is 28.0 Å². The van der Waals surface area contributed by atoms with E-state index in [-0.39, 0.29) is 29.8 Å². The first-order chi connectivity index (χ1) is 20.6. The molecule has 43 heavy (non-hydrogen) atoms. The minimum atomic E-state index is -0.603. The molecule has 2 heterocycles. The molecule has 1 aliphatic heterocycles. The fourth-order valence-electron chi connectivity index (χ4n) is 6.58. The summed E-state index contributed by atoms with van der Waals surface area (Å²) in [4.78, 5) is 34.7. The summed E-state index contributed by atoms with van der Waals surface area (Å²) in [5, 5.41) is 17.1. The van der Waals surface area contributed by atoms with Crippen molar-refractivity contribution in [2.45, 2.75) is 97.3 Å². The number of rotatable bonds is 10. The van der Waals surface area contributed by atoms with E-state index >= 15 is 0 Å². The molecule has 1 fully saturated rings. The molecule has 9 nitrogen and oxygen atoms in total. The summed E-state index contributed by atoms with van der Waals surface area (Å²) in [7, 11) is 0. The molecule has 1 aromatic heterocycles. The summed E-state index contributed by atoms with van der Waals surface area (Å²) in [5.41, 5.74) is 2.40. The first kappa shape index (κ1) is 30.9. The van der Waals surface area contributed by atoms with Crippen molar-refractivity contribution >= 4 is 29.1 Å². The summed E-state index contributed by atoms with van der Waals surface area (Å²) in [6.45, 7) is 9.29. The van der Waals surface area contributed by atoms with Gasteiger partial charge in [-0.05, 0) is 73.3 Å². The van der Waals surface area contributed by atoms with Gasteiger partial charge >= 0.3 is 0 Å². The average molecular weight is 604 g/mol. The number of halogens is 1. The Hall–Kier alpha value is -3.59. The van der Waals surface area contributed by atoms with E-state index in [1.165, 1.54) is 0 Å². The number of aliphatic imine (C=N–C) groups is 1. The summed E-state index contributed by atoms with van der Waals surface area (Å²) < 4.78 is 0. The van der Waals surface area contributed by atoms with Gasteiger partial charge in [-0.3, -0.25) is 14.6 Å². The molecule has 0 bridgehead atoms. The van der Waals surface area contributed by atoms with Gasteiger partial charge in [0, 0.05) is 16.1 Å². The lowest BCUT2D eigenvalue weighted by Crippen LogP contribution is -2.51. The van der Waals surface area contributed by atoms with Crippen LogP contribution >= 0.6 is 11.6 Å². The molecule has 0 radical (unpaired) electrons. The van der Waals surface area contributed by atoms with Crippen molar-refractivity contribution in [3.8, 4) is 0 Å². The SMILES string of the molecule is CCCCC[C@H](c1ccc(C(=O)NCc2nn[nH]n2)cc1)N1C(=O)C(c2cccc(Cl)c2)=NC12CCC(C(C)(C)C)CC2. The van der Waals surface area contributed by atoms with Crippen molar-refractivity contribution in [3.63, 3.8) is 0 Å². The van der Waals surface area contributed by atoms with Gasteiger partial charge in [0.2, 0.25) is 0 Å². The van der Waals surface area contributed by atoms with Crippen LogP contribution in [0.4, 0.5) is 0 Å². The van der Waals surface area contributed by atoms with E-state index in [4.69, 9.17) is 16.6 Å². The quantitative estimate of drug-likeness (QED) is 0.251. The van der Waals surface area contributed by atoms with Crippen LogP contribution in [0.1, 0.15) is 112 Å². The third-order valence-electron chi connectivity index (χ3n) is 9.05. The summed E-state index contributed by atoms with van der Waals surface area (Å²) in [6.07, 6.45) is 7.66. The molecular formula is C33H42ClN7O2. The number of unbranched alkanes of at least 4 members (excludes halogenated alkanes) is 2. The second-order valence-corrected chi connectivity index (χ2v) is 13.3. The number of hydrogen-bond acceptors (Lipinski definition) is 6. The van der Waals surface area contributed by atoms with Crippen molar-refractivity contribution in [3.05, 3.63) is 76.1 Å². The summed E-state index contributed by atoms with van der Waals surface area (Å²) in [6, 6.07) is 14.9. The Labute approximate surface area is 258 Å². The molecule has 10 heteroatoms. The fraction of sp³-hybridized carbons (Fsp3) is 0.515. The molecule has 0 saturated heterocycles. The van der Waals surface area contributed by atoms with E-state index < -0.39 is 5.66 Å². The number of amides is 2. The van der Waals surface area contributed by atoms with Crippen LogP contribution in [0.2, 0.25) is 5.02 Å². The van der Waals surface area contributed by atoms with Gasteiger partial charge in [0.05, 0.1) is 12.6 Å². The maximum absolute atomic E-state index is 14.5. The van der Waals surface area contributed by atoms with E-state index in [9.17, 15) is 9.59 Å². The van der Waals surface area contributed by atoms with E-state index in [1.807, 2.05) is 48.5 Å². The fourth-order valence-corrected chi connectivity index (χ4v) is 6.77. The third-order valence-corrected chi connectivity index (χ3v) is 9.28. The maximum atomic E-state index is 14.5. The van der Waals surface area contributed by atoms with Crippen LogP contribution in [0, 0.1) is 11.3 Å². The molecule has 1 saturated carbocycles. The normalized spacial score (nSPS) is 21.2. The lowest BCUT2D eigenvalue weighted by molar-refractivity contribution is -0.133. The highest BCUT2D eigenvalue weighted by atomic mass is 35.5. The van der Waals surface area contributed by atoms with Crippen LogP contribution < -0.4 is 5.32 Å². The predicted octanol–water partition coefficient (Wildman–Crippen LogP) is 6.67. The third kappa shape index (κ3) is 6.82. The molecule has 1 spiro atoms. The lowest BCUT2D eigenvalue weighted by Gasteiger charge is -2.47. The number of aromatic nitrogens is 4. The Morgan fingerprint density at radius 3 is 2.51 bits per heavy atom. The van der Waals surface area contributed by atoms with Crippen LogP contribution in [0.15, 0.2) is 53.5 Å². The molecule has 3 aromatic rings. The minimum absolute atomic E-state index is 0.0418. The standard InChI is InChI=1S/C33H42ClN7O2/c1-5-6-7-11-27(22-12-14-23(15-13-22)30(42)35-21-28-37-39-40-38-28)41-31(43)29(24-9-8-10-26(34)20-24)36-33(41)18-16-25(17-19-33)32(2,3)4/h8-10,12-15,20,25,27H,5-7,11,16-19,21H2,1-4H3,(H,35,42)(H,37,38,39,40)/t25?,27-,33?/m1/s1. The molecule has 2 aromatic carbocycles. The molecule has 2 N–H and O–H groups in total. The number of nitrogens with one attached hydrogen (secondary N) is 2. The van der Waals surface area contributed by atoms with Crippen LogP contribution in [0.5, 0.6) is 0 Å². The van der Waals surface area contributed by atoms with Gasteiger partial charge < -0.3 is 10.2 Å². The minimum Gasteiger partial charge on any atom is -0.345 e. The summed E-state index contributed by atoms with van der Waals surface area (Å²) >= 11 is 6.36. The second kappa shape index (κ2) is 13.0. The van der Waals surface area contributed by atoms with Crippen molar-refractivity contribution in [1.82, 2.24) is 30.8 Å². The smallest absolute Gasteiger partial charge is 0.275 e. The molecule has 1 atom stereocenters. The van der Waals surface area contributed by atoms with Crippen LogP contribution in [0.3, 0.4) is 0 Å². The zero-order valence-electron chi connectivity index (χ0n) is 25.6. The molecule has 0 unspecified atom stereocenters. The zero-order chi connectivity index (χ0) is 30.6. The largest absolute Gasteiger partial charge is 0.345 e. The first-order valence-electron chi connectivity index (χ1n) is 15.4. The Balaban J connectivity index is 1.47. The van der Waals surface area contributed by atoms with Gasteiger partial charge in [-0.2, -0.15) is 5.21 Å². The number of H-pyrrole nitrogens is 1. The van der Waals surface area contributed by atoms with Gasteiger partial charge in [0.25, 0.3) is 11.8 Å². The monoisotopic (exact) mass is 603 g/mol. The van der Waals surface area contributed by atoms with Gasteiger partial charge in [0.1, 0.15) is 11.4 Å². The van der Waals surface area contributed by atoms with Crippen molar-refractivity contribution in [2.75, 3.05) is 0 Å². The van der Waals surface area contributed by atoms with Gasteiger partial charge in [0.15, 0.2) is 5.82 Å². The highest BCUT2D eigenvalue weighted by Crippen LogP contribution is 2.50. The Morgan fingerprint density at radius 1 is 1.14 bits per heavy atom. The molecule has 228 valence electrons. The van der Waals surface area contributed by atoms with Gasteiger partial charge in [-0.15, -0.1) is 10.2 Å². The van der Waals surface area contributed by atoms with Crippen molar-refractivity contribution in [2.24, 2.45) is 16.3 Å². The van der Waals surface area contributed by atoms with Crippen LogP contribution in [0.25, 0.3) is 0 Å². The summed E-state index contributed by atoms with van der Waals surface area (Å²) in [5.74, 6) is 0.722. The number of aromatic amines is 1. The molecule has 2 aliphatic rings. The van der Waals surface area contributed by atoms with Crippen molar-refractivity contribution < 1.29 is 9.59 Å². The number of tetrazole rings is 1. The Morgan fingerprint density at radius 2 is 1.88 bits per heavy atom. The Kier molecular flexibility index (Phi) is 9.30. The number of hydrogen-bond donors (Lipinski definition) is 2. The highest BCUT2D eigenvalue weighted by Gasteiger charge is 2.52. The van der Waals surface area contributed by atoms with Crippen LogP contribution in [-0.2, 0) is 11.3 Å². The molecular weight excluding hydrogens is 562 g/mol. The van der Waals surface area contributed by atoms with E-state index in [2.05, 4.69) is 58.5 Å². The number of carbonyl (C=O) groups is 2. The molecule has 1 aliphatic carbocycles. The highest BCUT2D eigenvalue weighted by molar-refractivity contribution is 6.47. The van der Waals surface area contributed by atoms with Crippen LogP contribution in [-0.4, -0.2) is 48.7 Å². The van der Waals surface area contributed by atoms with Gasteiger partial charge in [-0.25, -0.2) is 0 Å². The van der Waals surface area contributed by atoms with E-state index in [1.54, 1.807) is 0 Å². The maximum Gasteiger partial charge on any atom is 0.275 e. The molecule has 2 amide bonds. The predicted molar refractivity (Wildman–Crippen MR) is 168 cm³/mol. The van der Waals surface area contributed by atoms with Gasteiger partial charge in [-0.1, -0.05) is 88.0 Å². The first-order valence-corrected chi connectivity index (χ1v) is 15.8. The molecule has 5 rings (SSSR count).